The molecule has 0 amide bonds. The summed E-state index contributed by atoms with van der Waals surface area (Å²) in [6, 6.07) is 13.9. The zero-order chi connectivity index (χ0) is 32.2. The lowest BCUT2D eigenvalue weighted by molar-refractivity contribution is -0.427. The number of benzene rings is 3. The number of methoxy groups -OCH3 is 1. The van der Waals surface area contributed by atoms with Crippen LogP contribution in [0.3, 0.4) is 0 Å². The van der Waals surface area contributed by atoms with Gasteiger partial charge in [-0.15, -0.1) is 0 Å². The standard InChI is InChI=1S/C30H37N2O9S2/c1-20-8-11-25(12-9-20)42(35,36)15-14-40-29(33)30(4,5)19-41-24-16-21(2)28(22(3)17-24)43(37,38)31-26-13-10-23(39-7)18-27(26)32(6)34/h8-13,16-18,31H,14-15,19H2,1-7H3/q+1. The third-order valence-electron chi connectivity index (χ3n) is 6.61. The minimum absolute atomic E-state index is 0.0172. The average molecular weight is 634 g/mol. The Morgan fingerprint density at radius 2 is 1.51 bits per heavy atom. The van der Waals surface area contributed by atoms with Crippen molar-refractivity contribution in [1.29, 1.82) is 0 Å². The summed E-state index contributed by atoms with van der Waals surface area (Å²) < 4.78 is 71.1. The van der Waals surface area contributed by atoms with Crippen LogP contribution < -0.4 is 14.2 Å². The number of anilines is 1. The van der Waals surface area contributed by atoms with Crippen molar-refractivity contribution < 1.29 is 40.6 Å². The van der Waals surface area contributed by atoms with E-state index in [0.717, 1.165) is 5.56 Å². The Hall–Kier alpha value is -3.97. The molecule has 0 heterocycles. The molecule has 0 fully saturated rings. The number of carbonyl (C=O) groups is 1. The number of sulfone groups is 1. The van der Waals surface area contributed by atoms with Gasteiger partial charge in [0.05, 0.1) is 34.1 Å². The van der Waals surface area contributed by atoms with Crippen LogP contribution in [0.2, 0.25) is 0 Å². The molecule has 0 radical (unpaired) electrons. The van der Waals surface area contributed by atoms with Crippen LogP contribution in [0, 0.1) is 31.1 Å². The van der Waals surface area contributed by atoms with E-state index < -0.39 is 31.2 Å². The molecule has 232 valence electrons. The molecule has 1 N–H and O–H groups in total. The number of esters is 1. The highest BCUT2D eigenvalue weighted by Crippen LogP contribution is 2.33. The van der Waals surface area contributed by atoms with Crippen LogP contribution in [0.5, 0.6) is 11.5 Å². The van der Waals surface area contributed by atoms with Crippen molar-refractivity contribution in [3.63, 3.8) is 0 Å². The second-order valence-electron chi connectivity index (χ2n) is 10.8. The summed E-state index contributed by atoms with van der Waals surface area (Å²) in [6.45, 7) is 7.86. The first-order chi connectivity index (χ1) is 20.0. The third kappa shape index (κ3) is 8.32. The van der Waals surface area contributed by atoms with Gasteiger partial charge in [0, 0.05) is 9.67 Å². The number of hydrogen-bond donors (Lipinski definition) is 1. The van der Waals surface area contributed by atoms with E-state index in [1.54, 1.807) is 39.8 Å². The maximum absolute atomic E-state index is 13.4. The summed E-state index contributed by atoms with van der Waals surface area (Å²) in [5.74, 6) is -0.263. The van der Waals surface area contributed by atoms with E-state index >= 15 is 0 Å². The van der Waals surface area contributed by atoms with Gasteiger partial charge < -0.3 is 14.2 Å². The van der Waals surface area contributed by atoms with Crippen LogP contribution in [0.4, 0.5) is 11.4 Å². The van der Waals surface area contributed by atoms with Crippen molar-refractivity contribution in [2.75, 3.05) is 37.8 Å². The van der Waals surface area contributed by atoms with Gasteiger partial charge >= 0.3 is 5.97 Å². The molecule has 0 unspecified atom stereocenters. The molecule has 0 bridgehead atoms. The highest BCUT2D eigenvalue weighted by molar-refractivity contribution is 7.93. The van der Waals surface area contributed by atoms with Gasteiger partial charge in [0.25, 0.3) is 15.7 Å². The molecule has 0 aliphatic carbocycles. The van der Waals surface area contributed by atoms with Gasteiger partial charge in [-0.2, -0.15) is 0 Å². The van der Waals surface area contributed by atoms with Crippen LogP contribution in [0.1, 0.15) is 30.5 Å². The number of aryl methyl sites for hydroxylation is 3. The summed E-state index contributed by atoms with van der Waals surface area (Å²) in [5.41, 5.74) is 0.743. The van der Waals surface area contributed by atoms with Crippen LogP contribution in [-0.2, 0) is 29.4 Å². The fraction of sp³-hybridized carbons (Fsp3) is 0.367. The Balaban J connectivity index is 1.67. The Morgan fingerprint density at radius 3 is 2.07 bits per heavy atom. The maximum Gasteiger partial charge on any atom is 0.315 e. The average Bonchev–Trinajstić information content (AvgIpc) is 2.91. The van der Waals surface area contributed by atoms with E-state index in [4.69, 9.17) is 14.2 Å². The second-order valence-corrected chi connectivity index (χ2v) is 14.5. The highest BCUT2D eigenvalue weighted by Gasteiger charge is 2.32. The normalized spacial score (nSPS) is 12.0. The summed E-state index contributed by atoms with van der Waals surface area (Å²) in [6.07, 6.45) is 0. The molecule has 0 saturated heterocycles. The number of nitroso groups, excluding NO2 is 1. The molecule has 0 aliphatic rings. The SMILES string of the molecule is COc1ccc(NS(=O)(=O)c2c(C)cc(OCC(C)(C)C(=O)OCCS(=O)(=O)c3ccc(C)cc3)cc2C)c([N+](C)=O)c1. The van der Waals surface area contributed by atoms with E-state index in [2.05, 4.69) is 4.72 Å². The molecule has 43 heavy (non-hydrogen) atoms. The van der Waals surface area contributed by atoms with Gasteiger partial charge in [-0.1, -0.05) is 17.7 Å². The van der Waals surface area contributed by atoms with Gasteiger partial charge in [0.2, 0.25) is 0 Å². The smallest absolute Gasteiger partial charge is 0.315 e. The molecule has 13 heteroatoms. The van der Waals surface area contributed by atoms with Crippen molar-refractivity contribution >= 4 is 37.2 Å². The predicted molar refractivity (Wildman–Crippen MR) is 162 cm³/mol. The summed E-state index contributed by atoms with van der Waals surface area (Å²) in [4.78, 5) is 25.0. The number of rotatable bonds is 13. The Morgan fingerprint density at radius 1 is 0.907 bits per heavy atom. The van der Waals surface area contributed by atoms with Gasteiger partial charge in [0.15, 0.2) is 16.9 Å². The molecule has 0 saturated carbocycles. The Kier molecular flexibility index (Phi) is 10.2. The summed E-state index contributed by atoms with van der Waals surface area (Å²) >= 11 is 0. The first-order valence-corrected chi connectivity index (χ1v) is 16.4. The molecule has 3 aromatic rings. The molecule has 0 aromatic heterocycles. The summed E-state index contributed by atoms with van der Waals surface area (Å²) in [5, 5.41) is 0. The van der Waals surface area contributed by atoms with Gasteiger partial charge in [-0.05, 0) is 82.1 Å². The van der Waals surface area contributed by atoms with Crippen LogP contribution in [-0.4, -0.2) is 60.7 Å². The monoisotopic (exact) mass is 633 g/mol. The largest absolute Gasteiger partial charge is 0.497 e. The lowest BCUT2D eigenvalue weighted by Gasteiger charge is -2.23. The molecule has 3 aromatic carbocycles. The minimum atomic E-state index is -4.10. The van der Waals surface area contributed by atoms with Crippen LogP contribution >= 0.6 is 0 Å². The maximum atomic E-state index is 13.4. The van der Waals surface area contributed by atoms with E-state index in [0.29, 0.717) is 27.4 Å². The zero-order valence-corrected chi connectivity index (χ0v) is 26.9. The number of hydrogen-bond acceptors (Lipinski definition) is 9. The fourth-order valence-electron chi connectivity index (χ4n) is 4.22. The number of sulfonamides is 1. The van der Waals surface area contributed by atoms with Gasteiger partial charge in [-0.3, -0.25) is 9.52 Å². The van der Waals surface area contributed by atoms with E-state index in [-0.39, 0.29) is 40.1 Å². The Bertz CT molecular complexity index is 1710. The third-order valence-corrected chi connectivity index (χ3v) is 9.97. The molecule has 11 nitrogen and oxygen atoms in total. The van der Waals surface area contributed by atoms with E-state index in [9.17, 15) is 26.5 Å². The zero-order valence-electron chi connectivity index (χ0n) is 25.3. The van der Waals surface area contributed by atoms with Crippen molar-refractivity contribution in [3.05, 3.63) is 76.2 Å². The van der Waals surface area contributed by atoms with Crippen molar-refractivity contribution in [2.45, 2.75) is 44.4 Å². The lowest BCUT2D eigenvalue weighted by Crippen LogP contribution is -2.34. The minimum Gasteiger partial charge on any atom is -0.497 e. The van der Waals surface area contributed by atoms with Crippen LogP contribution in [0.25, 0.3) is 0 Å². The number of nitrogens with one attached hydrogen (secondary N) is 1. The molecule has 0 aliphatic heterocycles. The molecular weight excluding hydrogens is 596 g/mol. The Labute approximate surface area is 252 Å². The predicted octanol–water partition coefficient (Wildman–Crippen LogP) is 4.88. The molecule has 0 atom stereocenters. The number of carbonyl (C=O) groups excluding carboxylic acids is 1. The van der Waals surface area contributed by atoms with Crippen LogP contribution in [0.15, 0.2) is 64.4 Å². The van der Waals surface area contributed by atoms with Gasteiger partial charge in [-0.25, -0.2) is 16.8 Å². The van der Waals surface area contributed by atoms with Crippen molar-refractivity contribution in [1.82, 2.24) is 0 Å². The first-order valence-electron chi connectivity index (χ1n) is 13.3. The lowest BCUT2D eigenvalue weighted by atomic mass is 9.95. The van der Waals surface area contributed by atoms with Gasteiger partial charge in [0.1, 0.15) is 30.4 Å². The highest BCUT2D eigenvalue weighted by atomic mass is 32.2. The number of nitrogens with zero attached hydrogens (tertiary/aromatic N) is 1. The summed E-state index contributed by atoms with van der Waals surface area (Å²) in [7, 11) is -5.03. The van der Waals surface area contributed by atoms with Crippen molar-refractivity contribution in [3.8, 4) is 11.5 Å². The molecule has 3 rings (SSSR count). The quantitative estimate of drug-likeness (QED) is 0.206. The fourth-order valence-corrected chi connectivity index (χ4v) is 6.84. The molecular formula is C30H37N2O9S2+. The first kappa shape index (κ1) is 33.5. The number of ether oxygens (including phenoxy) is 3. The van der Waals surface area contributed by atoms with E-state index in [1.165, 1.54) is 56.6 Å². The topological polar surface area (TPSA) is 145 Å². The second kappa shape index (κ2) is 13.1. The molecule has 0 spiro atoms. The van der Waals surface area contributed by atoms with Crippen molar-refractivity contribution in [2.24, 2.45) is 5.41 Å². The van der Waals surface area contributed by atoms with E-state index in [1.807, 2.05) is 6.92 Å².